The number of fused-ring (bicyclic) bond motifs is 2. The molecule has 8 nitrogen and oxygen atoms in total. The first-order chi connectivity index (χ1) is 17.7. The maximum Gasteiger partial charge on any atom is 0.142 e. The molecule has 1 unspecified atom stereocenters. The van der Waals surface area contributed by atoms with Crippen molar-refractivity contribution in [2.75, 3.05) is 26.1 Å². The van der Waals surface area contributed by atoms with Gasteiger partial charge >= 0.3 is 0 Å². The van der Waals surface area contributed by atoms with Crippen LogP contribution in [0.3, 0.4) is 0 Å². The fourth-order valence-corrected chi connectivity index (χ4v) is 4.49. The van der Waals surface area contributed by atoms with Crippen LogP contribution < -0.4 is 19.5 Å². The van der Waals surface area contributed by atoms with Gasteiger partial charge in [0.2, 0.25) is 0 Å². The number of aromatic amines is 1. The van der Waals surface area contributed by atoms with Crippen molar-refractivity contribution in [3.63, 3.8) is 0 Å². The van der Waals surface area contributed by atoms with Crippen molar-refractivity contribution < 1.29 is 14.2 Å². The number of nitrogens with one attached hydrogen (secondary N) is 2. The quantitative estimate of drug-likeness (QED) is 0.332. The largest absolute Gasteiger partial charge is 0.497 e. The van der Waals surface area contributed by atoms with Crippen molar-refractivity contribution in [2.24, 2.45) is 0 Å². The predicted octanol–water partition coefficient (Wildman–Crippen LogP) is 5.50. The average Bonchev–Trinajstić information content (AvgIpc) is 3.47. The summed E-state index contributed by atoms with van der Waals surface area (Å²) >= 11 is 0. The summed E-state index contributed by atoms with van der Waals surface area (Å²) in [6.45, 7) is 0.514. The summed E-state index contributed by atoms with van der Waals surface area (Å²) in [5.74, 6) is 3.92. The third-order valence-electron chi connectivity index (χ3n) is 6.44. The molecule has 8 heteroatoms. The second kappa shape index (κ2) is 9.22. The predicted molar refractivity (Wildman–Crippen MR) is 138 cm³/mol. The second-order valence-electron chi connectivity index (χ2n) is 8.69. The molecule has 0 amide bonds. The summed E-state index contributed by atoms with van der Waals surface area (Å²) < 4.78 is 16.9. The monoisotopic (exact) mass is 479 g/mol. The molecule has 0 spiro atoms. The van der Waals surface area contributed by atoms with E-state index in [0.29, 0.717) is 6.61 Å². The van der Waals surface area contributed by atoms with Gasteiger partial charge < -0.3 is 19.5 Å². The van der Waals surface area contributed by atoms with Crippen molar-refractivity contribution in [3.8, 4) is 28.4 Å². The van der Waals surface area contributed by atoms with E-state index in [1.165, 1.54) is 0 Å². The Morgan fingerprint density at radius 3 is 2.50 bits per heavy atom. The molecule has 3 aromatic carbocycles. The Morgan fingerprint density at radius 1 is 0.917 bits per heavy atom. The number of benzene rings is 3. The molecular formula is C28H25N5O3. The van der Waals surface area contributed by atoms with Gasteiger partial charge in [-0.3, -0.25) is 5.10 Å². The van der Waals surface area contributed by atoms with E-state index < -0.39 is 0 Å². The first kappa shape index (κ1) is 21.9. The molecule has 1 atom stereocenters. The van der Waals surface area contributed by atoms with Crippen LogP contribution in [-0.4, -0.2) is 41.0 Å². The van der Waals surface area contributed by atoms with Gasteiger partial charge in [0.1, 0.15) is 28.9 Å². The maximum atomic E-state index is 6.06. The molecule has 180 valence electrons. The van der Waals surface area contributed by atoms with E-state index in [-0.39, 0.29) is 5.92 Å². The summed E-state index contributed by atoms with van der Waals surface area (Å²) in [4.78, 5) is 9.89. The van der Waals surface area contributed by atoms with E-state index in [9.17, 15) is 0 Å². The van der Waals surface area contributed by atoms with Crippen molar-refractivity contribution in [2.45, 2.75) is 12.3 Å². The highest BCUT2D eigenvalue weighted by molar-refractivity contribution is 5.92. The number of H-pyrrole nitrogens is 1. The molecule has 0 fully saturated rings. The molecule has 3 heterocycles. The molecule has 36 heavy (non-hydrogen) atoms. The molecule has 0 radical (unpaired) electrons. The molecule has 0 aliphatic carbocycles. The van der Waals surface area contributed by atoms with E-state index in [0.717, 1.165) is 68.6 Å². The number of hydrogen-bond acceptors (Lipinski definition) is 7. The Balaban J connectivity index is 1.36. The van der Waals surface area contributed by atoms with Crippen LogP contribution in [0.2, 0.25) is 0 Å². The molecule has 0 saturated carbocycles. The molecule has 5 aromatic rings. The lowest BCUT2D eigenvalue weighted by Crippen LogP contribution is -2.21. The van der Waals surface area contributed by atoms with Crippen LogP contribution in [0.25, 0.3) is 22.0 Å². The number of rotatable bonds is 6. The first-order valence-electron chi connectivity index (χ1n) is 11.7. The zero-order valence-electron chi connectivity index (χ0n) is 20.0. The summed E-state index contributed by atoms with van der Waals surface area (Å²) in [7, 11) is 3.33. The topological polar surface area (TPSA) is 94.2 Å². The minimum atomic E-state index is 0.0140. The average molecular weight is 480 g/mol. The summed E-state index contributed by atoms with van der Waals surface area (Å²) in [5, 5.41) is 11.3. The summed E-state index contributed by atoms with van der Waals surface area (Å²) in [6.07, 6.45) is 4.45. The van der Waals surface area contributed by atoms with Gasteiger partial charge in [-0.25, -0.2) is 9.97 Å². The van der Waals surface area contributed by atoms with Crippen molar-refractivity contribution in [1.29, 1.82) is 0 Å². The van der Waals surface area contributed by atoms with Gasteiger partial charge in [-0.2, -0.15) is 5.10 Å². The Kier molecular flexibility index (Phi) is 5.61. The van der Waals surface area contributed by atoms with Crippen LogP contribution in [0.4, 0.5) is 11.5 Å². The maximum absolute atomic E-state index is 6.06. The molecule has 2 aromatic heterocycles. The van der Waals surface area contributed by atoms with E-state index >= 15 is 0 Å². The number of anilines is 2. The van der Waals surface area contributed by atoms with Crippen LogP contribution >= 0.6 is 0 Å². The lowest BCUT2D eigenvalue weighted by molar-refractivity contribution is 0.257. The summed E-state index contributed by atoms with van der Waals surface area (Å²) in [6, 6.07) is 19.9. The van der Waals surface area contributed by atoms with Crippen LogP contribution in [-0.2, 0) is 6.42 Å². The highest BCUT2D eigenvalue weighted by Crippen LogP contribution is 2.36. The second-order valence-corrected chi connectivity index (χ2v) is 8.69. The van der Waals surface area contributed by atoms with Gasteiger partial charge in [0.15, 0.2) is 0 Å². The third-order valence-corrected chi connectivity index (χ3v) is 6.44. The van der Waals surface area contributed by atoms with E-state index in [1.54, 1.807) is 20.4 Å². The minimum absolute atomic E-state index is 0.0140. The SMILES string of the molecule is COc1ccc2c(c1)CC(c1nc(Nc3ccc(-c4cn[nH]c4)cc3)c3cc(OC)ccc3n1)CO2. The van der Waals surface area contributed by atoms with E-state index in [2.05, 4.69) is 27.6 Å². The van der Waals surface area contributed by atoms with Crippen LogP contribution in [0.5, 0.6) is 17.2 Å². The molecule has 1 aliphatic rings. The Hall–Kier alpha value is -4.59. The molecule has 6 rings (SSSR count). The standard InChI is InChI=1S/C28H25N5O3/c1-34-22-8-10-26-18(12-22)11-19(16-36-26)27-32-25-9-7-23(35-2)13-24(25)28(33-27)31-21-5-3-17(4-6-21)20-14-29-30-15-20/h3-10,12-15,19H,11,16H2,1-2H3,(H,29,30)(H,31,32,33). The molecule has 1 aliphatic heterocycles. The minimum Gasteiger partial charge on any atom is -0.497 e. The van der Waals surface area contributed by atoms with Crippen molar-refractivity contribution in [3.05, 3.63) is 84.4 Å². The highest BCUT2D eigenvalue weighted by atomic mass is 16.5. The van der Waals surface area contributed by atoms with E-state index in [4.69, 9.17) is 24.2 Å². The molecular weight excluding hydrogens is 454 g/mol. The fourth-order valence-electron chi connectivity index (χ4n) is 4.49. The van der Waals surface area contributed by atoms with Crippen LogP contribution in [0.15, 0.2) is 73.1 Å². The van der Waals surface area contributed by atoms with Gasteiger partial charge in [-0.15, -0.1) is 0 Å². The lowest BCUT2D eigenvalue weighted by Gasteiger charge is -2.25. The number of hydrogen-bond donors (Lipinski definition) is 2. The normalized spacial score (nSPS) is 14.7. The van der Waals surface area contributed by atoms with Crippen molar-refractivity contribution in [1.82, 2.24) is 20.2 Å². The fraction of sp³-hybridized carbons (Fsp3) is 0.179. The Labute approximate surface area is 208 Å². The third kappa shape index (κ3) is 4.17. The van der Waals surface area contributed by atoms with Gasteiger partial charge in [0.05, 0.1) is 38.5 Å². The first-order valence-corrected chi connectivity index (χ1v) is 11.7. The van der Waals surface area contributed by atoms with E-state index in [1.807, 2.05) is 54.7 Å². The number of aromatic nitrogens is 4. The smallest absolute Gasteiger partial charge is 0.142 e. The van der Waals surface area contributed by atoms with Gasteiger partial charge in [-0.05, 0) is 66.1 Å². The van der Waals surface area contributed by atoms with Crippen LogP contribution in [0.1, 0.15) is 17.3 Å². The number of methoxy groups -OCH3 is 2. The Morgan fingerprint density at radius 2 is 1.72 bits per heavy atom. The summed E-state index contributed by atoms with van der Waals surface area (Å²) in [5.41, 5.74) is 4.97. The lowest BCUT2D eigenvalue weighted by atomic mass is 9.95. The Bertz CT molecular complexity index is 1520. The molecule has 0 bridgehead atoms. The van der Waals surface area contributed by atoms with Gasteiger partial charge in [-0.1, -0.05) is 12.1 Å². The van der Waals surface area contributed by atoms with Gasteiger partial charge in [0, 0.05) is 22.8 Å². The van der Waals surface area contributed by atoms with Gasteiger partial charge in [0.25, 0.3) is 0 Å². The number of ether oxygens (including phenoxy) is 3. The highest BCUT2D eigenvalue weighted by Gasteiger charge is 2.25. The molecule has 2 N–H and O–H groups in total. The zero-order valence-corrected chi connectivity index (χ0v) is 20.0. The van der Waals surface area contributed by atoms with Crippen molar-refractivity contribution >= 4 is 22.4 Å². The molecule has 0 saturated heterocycles. The van der Waals surface area contributed by atoms with Crippen LogP contribution in [0, 0.1) is 0 Å². The zero-order chi connectivity index (χ0) is 24.5. The number of nitrogens with zero attached hydrogens (tertiary/aromatic N) is 3.